The molecule has 8 heteroatoms. The van der Waals surface area contributed by atoms with Crippen LogP contribution in [-0.4, -0.2) is 23.4 Å². The molecule has 0 saturated heterocycles. The summed E-state index contributed by atoms with van der Waals surface area (Å²) in [5.74, 6) is 0.300. The lowest BCUT2D eigenvalue weighted by Gasteiger charge is -2.11. The van der Waals surface area contributed by atoms with E-state index in [1.807, 2.05) is 32.9 Å². The fourth-order valence-corrected chi connectivity index (χ4v) is 3.11. The molecule has 0 saturated carbocycles. The second kappa shape index (κ2) is 10.3. The van der Waals surface area contributed by atoms with Crippen molar-refractivity contribution in [3.8, 4) is 0 Å². The molecule has 0 spiro atoms. The minimum Gasteiger partial charge on any atom is -0.366 e. The van der Waals surface area contributed by atoms with E-state index in [0.717, 1.165) is 28.8 Å². The van der Waals surface area contributed by atoms with Gasteiger partial charge in [-0.2, -0.15) is 0 Å². The number of aromatic nitrogens is 1. The lowest BCUT2D eigenvalue weighted by Crippen LogP contribution is -2.36. The third-order valence-corrected chi connectivity index (χ3v) is 4.46. The zero-order chi connectivity index (χ0) is 17.5. The van der Waals surface area contributed by atoms with Gasteiger partial charge in [-0.3, -0.25) is 4.79 Å². The molecule has 1 aromatic carbocycles. The fourth-order valence-electron chi connectivity index (χ4n) is 2.24. The Hall–Kier alpha value is -1.68. The van der Waals surface area contributed by atoms with Gasteiger partial charge in [0.15, 0.2) is 5.96 Å². The molecule has 25 heavy (non-hydrogen) atoms. The summed E-state index contributed by atoms with van der Waals surface area (Å²) in [5.41, 5.74) is 7.80. The monoisotopic (exact) mass is 473 g/mol. The first-order valence-corrected chi connectivity index (χ1v) is 8.65. The lowest BCUT2D eigenvalue weighted by atomic mass is 10.1. The molecule has 0 bridgehead atoms. The van der Waals surface area contributed by atoms with Crippen LogP contribution >= 0.6 is 35.3 Å². The first-order chi connectivity index (χ1) is 11.5. The van der Waals surface area contributed by atoms with Crippen molar-refractivity contribution in [3.63, 3.8) is 0 Å². The van der Waals surface area contributed by atoms with Crippen LogP contribution in [0.4, 0.5) is 0 Å². The van der Waals surface area contributed by atoms with Crippen LogP contribution < -0.4 is 16.4 Å². The zero-order valence-electron chi connectivity index (χ0n) is 14.6. The number of rotatable bonds is 6. The lowest BCUT2D eigenvalue weighted by molar-refractivity contribution is 0.1000. The summed E-state index contributed by atoms with van der Waals surface area (Å²) in [6.45, 7) is 7.97. The quantitative estimate of drug-likeness (QED) is 0.342. The van der Waals surface area contributed by atoms with Crippen LogP contribution in [0.3, 0.4) is 0 Å². The topological polar surface area (TPSA) is 92.4 Å². The van der Waals surface area contributed by atoms with E-state index in [-0.39, 0.29) is 24.0 Å². The predicted molar refractivity (Wildman–Crippen MR) is 114 cm³/mol. The van der Waals surface area contributed by atoms with Crippen LogP contribution in [0.2, 0.25) is 0 Å². The third kappa shape index (κ3) is 6.62. The van der Waals surface area contributed by atoms with Crippen molar-refractivity contribution >= 4 is 47.2 Å². The Bertz CT molecular complexity index is 744. The van der Waals surface area contributed by atoms with E-state index in [4.69, 9.17) is 5.73 Å². The van der Waals surface area contributed by atoms with Gasteiger partial charge in [-0.25, -0.2) is 9.98 Å². The minimum absolute atomic E-state index is 0. The SMILES string of the molecule is CCNC(=NCc1cccc(C(N)=O)c1)NCc1sc(C)nc1C.I. The average molecular weight is 473 g/mol. The number of carbonyl (C=O) groups excluding carboxylic acids is 1. The Morgan fingerprint density at radius 2 is 2.08 bits per heavy atom. The third-order valence-electron chi connectivity index (χ3n) is 3.39. The van der Waals surface area contributed by atoms with Crippen molar-refractivity contribution in [2.75, 3.05) is 6.54 Å². The molecule has 1 aromatic heterocycles. The highest BCUT2D eigenvalue weighted by Gasteiger charge is 2.06. The van der Waals surface area contributed by atoms with Crippen LogP contribution in [0.15, 0.2) is 29.3 Å². The standard InChI is InChI=1S/C17H23N5OS.HI/c1-4-19-17(21-10-15-11(2)22-12(3)24-15)20-9-13-6-5-7-14(8-13)16(18)23;/h5-8H,4,9-10H2,1-3H3,(H2,18,23)(H2,19,20,21);1H. The van der Waals surface area contributed by atoms with Gasteiger partial charge in [-0.05, 0) is 38.5 Å². The summed E-state index contributed by atoms with van der Waals surface area (Å²) in [6, 6.07) is 7.21. The van der Waals surface area contributed by atoms with Gasteiger partial charge in [-0.1, -0.05) is 12.1 Å². The molecule has 1 amide bonds. The molecule has 0 aliphatic rings. The van der Waals surface area contributed by atoms with Crippen molar-refractivity contribution in [3.05, 3.63) is 51.0 Å². The Morgan fingerprint density at radius 1 is 1.32 bits per heavy atom. The van der Waals surface area contributed by atoms with Gasteiger partial charge in [0, 0.05) is 17.0 Å². The van der Waals surface area contributed by atoms with Crippen LogP contribution in [0.25, 0.3) is 0 Å². The Kier molecular flexibility index (Phi) is 8.84. The van der Waals surface area contributed by atoms with Crippen molar-refractivity contribution in [1.82, 2.24) is 15.6 Å². The van der Waals surface area contributed by atoms with Crippen molar-refractivity contribution in [1.29, 1.82) is 0 Å². The molecule has 2 aromatic rings. The van der Waals surface area contributed by atoms with E-state index >= 15 is 0 Å². The summed E-state index contributed by atoms with van der Waals surface area (Å²) >= 11 is 1.69. The van der Waals surface area contributed by atoms with E-state index in [2.05, 4.69) is 20.6 Å². The summed E-state index contributed by atoms with van der Waals surface area (Å²) in [6.07, 6.45) is 0. The normalized spacial score (nSPS) is 10.9. The number of thiazole rings is 1. The molecule has 0 aliphatic heterocycles. The predicted octanol–water partition coefficient (Wildman–Crippen LogP) is 2.73. The minimum atomic E-state index is -0.429. The molecule has 1 heterocycles. The number of guanidine groups is 1. The summed E-state index contributed by atoms with van der Waals surface area (Å²) in [7, 11) is 0. The number of carbonyl (C=O) groups is 1. The fraction of sp³-hybridized carbons (Fsp3) is 0.353. The number of nitrogens with one attached hydrogen (secondary N) is 2. The molecule has 136 valence electrons. The van der Waals surface area contributed by atoms with Gasteiger partial charge in [0.25, 0.3) is 0 Å². The highest BCUT2D eigenvalue weighted by molar-refractivity contribution is 14.0. The largest absolute Gasteiger partial charge is 0.366 e. The molecule has 6 nitrogen and oxygen atoms in total. The van der Waals surface area contributed by atoms with Gasteiger partial charge in [0.05, 0.1) is 23.8 Å². The number of nitrogens with zero attached hydrogens (tertiary/aromatic N) is 2. The van der Waals surface area contributed by atoms with E-state index in [9.17, 15) is 4.79 Å². The van der Waals surface area contributed by atoms with Crippen molar-refractivity contribution in [2.45, 2.75) is 33.9 Å². The number of aryl methyl sites for hydroxylation is 2. The van der Waals surface area contributed by atoms with Gasteiger partial charge in [0.1, 0.15) is 0 Å². The van der Waals surface area contributed by atoms with Gasteiger partial charge in [0.2, 0.25) is 5.91 Å². The van der Waals surface area contributed by atoms with Crippen LogP contribution in [0, 0.1) is 13.8 Å². The molecule has 0 radical (unpaired) electrons. The molecular weight excluding hydrogens is 449 g/mol. The smallest absolute Gasteiger partial charge is 0.248 e. The van der Waals surface area contributed by atoms with Gasteiger partial charge < -0.3 is 16.4 Å². The Balaban J connectivity index is 0.00000312. The number of hydrogen-bond donors (Lipinski definition) is 3. The number of hydrogen-bond acceptors (Lipinski definition) is 4. The number of nitrogens with two attached hydrogens (primary N) is 1. The van der Waals surface area contributed by atoms with E-state index in [1.165, 1.54) is 4.88 Å². The zero-order valence-corrected chi connectivity index (χ0v) is 17.8. The van der Waals surface area contributed by atoms with Gasteiger partial charge >= 0.3 is 0 Å². The van der Waals surface area contributed by atoms with Crippen LogP contribution in [0.1, 0.15) is 38.4 Å². The van der Waals surface area contributed by atoms with Crippen molar-refractivity contribution in [2.24, 2.45) is 10.7 Å². The molecule has 4 N–H and O–H groups in total. The van der Waals surface area contributed by atoms with Crippen LogP contribution in [0.5, 0.6) is 0 Å². The first-order valence-electron chi connectivity index (χ1n) is 7.83. The maximum Gasteiger partial charge on any atom is 0.248 e. The maximum atomic E-state index is 11.2. The van der Waals surface area contributed by atoms with E-state index in [1.54, 1.807) is 23.5 Å². The number of amides is 1. The number of primary amides is 1. The molecule has 0 aliphatic carbocycles. The summed E-state index contributed by atoms with van der Waals surface area (Å²) in [4.78, 5) is 21.4. The van der Waals surface area contributed by atoms with Gasteiger partial charge in [-0.15, -0.1) is 35.3 Å². The van der Waals surface area contributed by atoms with Crippen molar-refractivity contribution < 1.29 is 4.79 Å². The summed E-state index contributed by atoms with van der Waals surface area (Å²) < 4.78 is 0. The molecule has 0 unspecified atom stereocenters. The second-order valence-corrected chi connectivity index (χ2v) is 6.64. The molecule has 0 fully saturated rings. The maximum absolute atomic E-state index is 11.2. The molecular formula is C17H24IN5OS. The number of benzene rings is 1. The van der Waals surface area contributed by atoms with E-state index in [0.29, 0.717) is 18.7 Å². The van der Waals surface area contributed by atoms with E-state index < -0.39 is 5.91 Å². The average Bonchev–Trinajstić information content (AvgIpc) is 2.88. The number of halogens is 1. The number of aliphatic imine (C=N–C) groups is 1. The molecule has 2 rings (SSSR count). The Morgan fingerprint density at radius 3 is 2.68 bits per heavy atom. The highest BCUT2D eigenvalue weighted by Crippen LogP contribution is 2.16. The first kappa shape index (κ1) is 21.4. The molecule has 0 atom stereocenters. The second-order valence-electron chi connectivity index (χ2n) is 5.35. The Labute approximate surface area is 169 Å². The van der Waals surface area contributed by atoms with Crippen LogP contribution in [-0.2, 0) is 13.1 Å². The summed E-state index contributed by atoms with van der Waals surface area (Å²) in [5, 5.41) is 7.60. The highest BCUT2D eigenvalue weighted by atomic mass is 127.